The molecule has 0 amide bonds. The molecule has 6 rings (SSSR count). The largest absolute Gasteiger partial charge is 0.496 e. The van der Waals surface area contributed by atoms with E-state index >= 15 is 0 Å². The van der Waals surface area contributed by atoms with Gasteiger partial charge >= 0.3 is 5.97 Å². The lowest BCUT2D eigenvalue weighted by molar-refractivity contribution is -0.195. The van der Waals surface area contributed by atoms with Gasteiger partial charge in [0, 0.05) is 23.6 Å². The van der Waals surface area contributed by atoms with Crippen LogP contribution in [0.1, 0.15) is 137 Å². The van der Waals surface area contributed by atoms with Crippen molar-refractivity contribution in [3.05, 3.63) is 118 Å². The minimum atomic E-state index is -0.461. The van der Waals surface area contributed by atoms with Crippen molar-refractivity contribution in [3.63, 3.8) is 0 Å². The molecule has 0 heterocycles. The van der Waals surface area contributed by atoms with Crippen LogP contribution in [0.2, 0.25) is 0 Å². The minimum absolute atomic E-state index is 0.267. The van der Waals surface area contributed by atoms with Gasteiger partial charge in [0.25, 0.3) is 0 Å². The molecule has 0 saturated carbocycles. The molecule has 8 heteroatoms. The Kier molecular flexibility index (Phi) is 17.6. The first-order chi connectivity index (χ1) is 30.0. The number of methoxy groups -OCH3 is 2. The van der Waals surface area contributed by atoms with Gasteiger partial charge in [-0.3, -0.25) is 0 Å². The van der Waals surface area contributed by atoms with Crippen molar-refractivity contribution in [1.82, 2.24) is 0 Å². The summed E-state index contributed by atoms with van der Waals surface area (Å²) >= 11 is 0. The predicted molar refractivity (Wildman–Crippen MR) is 244 cm³/mol. The molecule has 0 N–H and O–H groups in total. The van der Waals surface area contributed by atoms with Crippen LogP contribution in [0, 0.1) is 0 Å². The molecule has 0 radical (unpaired) electrons. The van der Waals surface area contributed by atoms with Gasteiger partial charge in [-0.2, -0.15) is 4.89 Å². The number of hydrogen-bond donors (Lipinski definition) is 0. The Labute approximate surface area is 364 Å². The van der Waals surface area contributed by atoms with Gasteiger partial charge in [-0.15, -0.1) is 0 Å². The lowest BCUT2D eigenvalue weighted by Crippen LogP contribution is -2.21. The fourth-order valence-corrected chi connectivity index (χ4v) is 8.70. The average Bonchev–Trinajstić information content (AvgIpc) is 3.85. The van der Waals surface area contributed by atoms with Crippen LogP contribution in [0.15, 0.2) is 84.9 Å². The van der Waals surface area contributed by atoms with Gasteiger partial charge in [0.15, 0.2) is 5.75 Å². The van der Waals surface area contributed by atoms with E-state index in [9.17, 15) is 4.79 Å². The van der Waals surface area contributed by atoms with Gasteiger partial charge in [-0.1, -0.05) is 114 Å². The van der Waals surface area contributed by atoms with Crippen LogP contribution in [0.4, 0.5) is 0 Å². The number of fused-ring (bicyclic) bond motifs is 4. The van der Waals surface area contributed by atoms with E-state index in [1.165, 1.54) is 70.3 Å². The van der Waals surface area contributed by atoms with E-state index in [0.29, 0.717) is 18.1 Å². The number of unbranched alkanes of at least 4 members (excludes halogenated alkanes) is 10. The van der Waals surface area contributed by atoms with Crippen LogP contribution in [0.3, 0.4) is 0 Å². The molecular formula is C53H66O8. The Morgan fingerprint density at radius 1 is 0.590 bits per heavy atom. The zero-order valence-corrected chi connectivity index (χ0v) is 36.9. The first-order valence-corrected chi connectivity index (χ1v) is 22.7. The Bertz CT molecular complexity index is 2030. The molecule has 1 atom stereocenters. The number of esters is 1. The third kappa shape index (κ3) is 12.7. The molecule has 0 saturated heterocycles. The third-order valence-corrected chi connectivity index (χ3v) is 12.0. The second-order valence-electron chi connectivity index (χ2n) is 16.3. The highest BCUT2D eigenvalue weighted by atomic mass is 17.2. The summed E-state index contributed by atoms with van der Waals surface area (Å²) in [5, 5.41) is 0. The number of carbonyl (C=O) groups is 1. The van der Waals surface area contributed by atoms with E-state index in [-0.39, 0.29) is 12.0 Å². The smallest absolute Gasteiger partial charge is 0.336 e. The summed E-state index contributed by atoms with van der Waals surface area (Å²) in [7, 11) is 3.35. The lowest BCUT2D eigenvalue weighted by Gasteiger charge is -2.28. The van der Waals surface area contributed by atoms with Gasteiger partial charge in [0.2, 0.25) is 0 Å². The highest BCUT2D eigenvalue weighted by molar-refractivity contribution is 5.89. The summed E-state index contributed by atoms with van der Waals surface area (Å²) in [6, 6.07) is 23.7. The van der Waals surface area contributed by atoms with Crippen molar-refractivity contribution in [3.8, 4) is 34.5 Å². The molecule has 0 bridgehead atoms. The van der Waals surface area contributed by atoms with Crippen LogP contribution in [0.25, 0.3) is 12.2 Å². The summed E-state index contributed by atoms with van der Waals surface area (Å²) in [5.41, 5.74) is 6.17. The summed E-state index contributed by atoms with van der Waals surface area (Å²) in [5.74, 6) is 3.77. The molecular weight excluding hydrogens is 765 g/mol. The quantitative estimate of drug-likeness (QED) is 0.0155. The molecule has 1 spiro atoms. The van der Waals surface area contributed by atoms with Crippen molar-refractivity contribution in [1.29, 1.82) is 0 Å². The molecule has 2 aliphatic rings. The number of hydrogen-bond acceptors (Lipinski definition) is 8. The minimum Gasteiger partial charge on any atom is -0.496 e. The Hall–Kier alpha value is -5.21. The van der Waals surface area contributed by atoms with Crippen molar-refractivity contribution in [2.75, 3.05) is 34.0 Å². The zero-order chi connectivity index (χ0) is 42.7. The van der Waals surface area contributed by atoms with Crippen molar-refractivity contribution < 1.29 is 38.3 Å². The summed E-state index contributed by atoms with van der Waals surface area (Å²) in [6.07, 6.45) is 25.5. The standard InChI is InChI=1S/C53H66O8/c1-5-7-9-11-13-15-33-57-42-24-19-40(20-25-42)18-17-35-59-61-45-37-49-47(51(39-45)56-4)30-32-53(49)31-29-46-48(53)36-44(38-50(46)55-3)60-52(54)28-23-41-21-26-43(27-22-41)58-34-16-14-12-10-8-6-2/h17-28,36-39H,5-16,29-35H2,1-4H3. The van der Waals surface area contributed by atoms with E-state index in [0.717, 1.165) is 102 Å². The normalized spacial score (nSPS) is 15.3. The van der Waals surface area contributed by atoms with Crippen LogP contribution in [-0.2, 0) is 27.9 Å². The van der Waals surface area contributed by atoms with Crippen LogP contribution < -0.4 is 28.6 Å². The highest BCUT2D eigenvalue weighted by Crippen LogP contribution is 2.57. The Morgan fingerprint density at radius 3 is 1.62 bits per heavy atom. The van der Waals surface area contributed by atoms with E-state index in [4.69, 9.17) is 33.5 Å². The molecule has 2 aliphatic carbocycles. The maximum Gasteiger partial charge on any atom is 0.336 e. The molecule has 326 valence electrons. The second kappa shape index (κ2) is 23.7. The molecule has 4 aromatic rings. The van der Waals surface area contributed by atoms with Gasteiger partial charge in [-0.25, -0.2) is 4.79 Å². The van der Waals surface area contributed by atoms with Crippen molar-refractivity contribution >= 4 is 18.1 Å². The van der Waals surface area contributed by atoms with Crippen molar-refractivity contribution in [2.45, 2.75) is 122 Å². The summed E-state index contributed by atoms with van der Waals surface area (Å²) < 4.78 is 29.5. The number of rotatable bonds is 26. The Balaban J connectivity index is 1.04. The summed E-state index contributed by atoms with van der Waals surface area (Å²) in [4.78, 5) is 24.7. The third-order valence-electron chi connectivity index (χ3n) is 12.0. The van der Waals surface area contributed by atoms with E-state index < -0.39 is 5.97 Å². The molecule has 0 aliphatic heterocycles. The van der Waals surface area contributed by atoms with E-state index in [2.05, 4.69) is 19.9 Å². The Morgan fingerprint density at radius 2 is 1.08 bits per heavy atom. The first kappa shape index (κ1) is 45.3. The molecule has 4 aromatic carbocycles. The topological polar surface area (TPSA) is 81.7 Å². The monoisotopic (exact) mass is 830 g/mol. The fraction of sp³-hybridized carbons (Fsp3) is 0.453. The SMILES string of the molecule is CCCCCCCCOc1ccc(C=CCOOc2cc(OC)c3c(c2)C2(CC3)CCc3c(OC)cc(OC(=O)C=Cc4ccc(OCCCCCCCC)cc4)cc32)cc1. The predicted octanol–water partition coefficient (Wildman–Crippen LogP) is 13.0. The lowest BCUT2D eigenvalue weighted by atomic mass is 9.76. The zero-order valence-electron chi connectivity index (χ0n) is 36.9. The van der Waals surface area contributed by atoms with Gasteiger partial charge in [0.1, 0.15) is 35.4 Å². The second-order valence-corrected chi connectivity index (χ2v) is 16.3. The van der Waals surface area contributed by atoms with Crippen LogP contribution in [-0.4, -0.2) is 40.0 Å². The maximum absolute atomic E-state index is 13.1. The molecule has 61 heavy (non-hydrogen) atoms. The number of benzene rings is 4. The number of carbonyl (C=O) groups excluding carboxylic acids is 1. The van der Waals surface area contributed by atoms with E-state index in [1.807, 2.05) is 78.9 Å². The fourth-order valence-electron chi connectivity index (χ4n) is 8.70. The average molecular weight is 831 g/mol. The summed E-state index contributed by atoms with van der Waals surface area (Å²) in [6.45, 7) is 6.21. The van der Waals surface area contributed by atoms with Crippen molar-refractivity contribution in [2.24, 2.45) is 0 Å². The molecule has 0 fully saturated rings. The van der Waals surface area contributed by atoms with Gasteiger partial charge < -0.3 is 28.6 Å². The van der Waals surface area contributed by atoms with E-state index in [1.54, 1.807) is 20.3 Å². The van der Waals surface area contributed by atoms with Gasteiger partial charge in [-0.05, 0) is 114 Å². The van der Waals surface area contributed by atoms with Gasteiger partial charge in [0.05, 0.1) is 27.4 Å². The molecule has 8 nitrogen and oxygen atoms in total. The molecule has 0 aromatic heterocycles. The highest BCUT2D eigenvalue weighted by Gasteiger charge is 2.47. The maximum atomic E-state index is 13.1. The van der Waals surface area contributed by atoms with Crippen LogP contribution in [0.5, 0.6) is 34.5 Å². The number of ether oxygens (including phenoxy) is 5. The molecule has 1 unspecified atom stereocenters. The first-order valence-electron chi connectivity index (χ1n) is 22.7. The van der Waals surface area contributed by atoms with Crippen LogP contribution >= 0.6 is 0 Å².